The molecule has 0 radical (unpaired) electrons. The fourth-order valence-corrected chi connectivity index (χ4v) is 10.2. The van der Waals surface area contributed by atoms with E-state index in [4.69, 9.17) is 15.7 Å². The molecule has 5 nitrogen and oxygen atoms in total. The minimum Gasteiger partial charge on any atom is -0.397 e. The fourth-order valence-electron chi connectivity index (χ4n) is 8.63. The zero-order valence-corrected chi connectivity index (χ0v) is 29.3. The maximum Gasteiger partial charge on any atom is 0.138 e. The first-order valence-corrected chi connectivity index (χ1v) is 18.9. The maximum atomic E-state index is 6.67. The molecule has 1 fully saturated rings. The number of para-hydroxylation sites is 3. The van der Waals surface area contributed by atoms with Crippen LogP contribution in [0.1, 0.15) is 44.1 Å². The fraction of sp³-hybridized carbons (Fsp3) is 0.156. The summed E-state index contributed by atoms with van der Waals surface area (Å²) in [4.78, 5) is 11.8. The number of rotatable bonds is 5. The Hall–Kier alpha value is -5.59. The van der Waals surface area contributed by atoms with Crippen LogP contribution in [0.4, 0.5) is 11.4 Å². The van der Waals surface area contributed by atoms with Crippen molar-refractivity contribution in [2.24, 2.45) is 4.99 Å². The van der Waals surface area contributed by atoms with Crippen LogP contribution in [-0.2, 0) is 0 Å². The number of nitrogen functional groups attached to an aromatic ring is 1. The Balaban J connectivity index is 1.26. The van der Waals surface area contributed by atoms with Crippen molar-refractivity contribution in [3.63, 3.8) is 0 Å². The van der Waals surface area contributed by atoms with E-state index in [1.807, 2.05) is 37.4 Å². The van der Waals surface area contributed by atoms with Crippen molar-refractivity contribution in [2.45, 2.75) is 48.7 Å². The van der Waals surface area contributed by atoms with Crippen LogP contribution < -0.4 is 5.73 Å². The first kappa shape index (κ1) is 30.3. The van der Waals surface area contributed by atoms with Crippen LogP contribution in [0.3, 0.4) is 0 Å². The SMILES string of the molecule is C/C=C\C=N/c1c(N)cccc1-n1c2ccccc2c2ccc3c4ccccc4n(-c4cccc(-c5ccc6c(c5)C5CCCCC5S6)n4)c3c21. The first-order valence-electron chi connectivity index (χ1n) is 18.0. The van der Waals surface area contributed by atoms with Crippen LogP contribution in [0.5, 0.6) is 0 Å². The number of aliphatic imine (C=N–C) groups is 1. The molecule has 248 valence electrons. The van der Waals surface area contributed by atoms with Crippen molar-refractivity contribution in [1.29, 1.82) is 0 Å². The van der Waals surface area contributed by atoms with Crippen molar-refractivity contribution in [2.75, 3.05) is 5.73 Å². The molecule has 0 saturated heterocycles. The van der Waals surface area contributed by atoms with E-state index < -0.39 is 0 Å². The number of thioether (sulfide) groups is 1. The lowest BCUT2D eigenvalue weighted by Gasteiger charge is -2.24. The number of aromatic nitrogens is 3. The van der Waals surface area contributed by atoms with Gasteiger partial charge in [-0.3, -0.25) is 9.56 Å². The molecule has 10 rings (SSSR count). The van der Waals surface area contributed by atoms with Crippen molar-refractivity contribution >= 4 is 73.0 Å². The second kappa shape index (κ2) is 12.0. The minimum atomic E-state index is 0.633. The van der Waals surface area contributed by atoms with Crippen molar-refractivity contribution in [1.82, 2.24) is 14.1 Å². The van der Waals surface area contributed by atoms with Gasteiger partial charge in [-0.15, -0.1) is 11.8 Å². The van der Waals surface area contributed by atoms with Gasteiger partial charge in [-0.2, -0.15) is 0 Å². The number of allylic oxidation sites excluding steroid dienone is 2. The number of anilines is 1. The average molecular weight is 680 g/mol. The van der Waals surface area contributed by atoms with Gasteiger partial charge in [0.1, 0.15) is 11.5 Å². The van der Waals surface area contributed by atoms with E-state index >= 15 is 0 Å². The lowest BCUT2D eigenvalue weighted by Crippen LogP contribution is -2.15. The van der Waals surface area contributed by atoms with Gasteiger partial charge in [-0.05, 0) is 85.9 Å². The smallest absolute Gasteiger partial charge is 0.138 e. The summed E-state index contributed by atoms with van der Waals surface area (Å²) >= 11 is 2.09. The Bertz CT molecular complexity index is 2730. The monoisotopic (exact) mass is 679 g/mol. The molecule has 0 spiro atoms. The lowest BCUT2D eigenvalue weighted by atomic mass is 9.83. The van der Waals surface area contributed by atoms with Gasteiger partial charge in [-0.25, -0.2) is 4.98 Å². The minimum absolute atomic E-state index is 0.633. The molecule has 2 aliphatic rings. The van der Waals surface area contributed by atoms with Crippen molar-refractivity contribution < 1.29 is 0 Å². The topological polar surface area (TPSA) is 61.1 Å². The summed E-state index contributed by atoms with van der Waals surface area (Å²) in [5.41, 5.74) is 17.1. The molecule has 1 aliphatic carbocycles. The predicted molar refractivity (Wildman–Crippen MR) is 217 cm³/mol. The van der Waals surface area contributed by atoms with Crippen LogP contribution in [-0.4, -0.2) is 25.6 Å². The molecule has 8 aromatic rings. The molecule has 51 heavy (non-hydrogen) atoms. The Morgan fingerprint density at radius 1 is 0.745 bits per heavy atom. The van der Waals surface area contributed by atoms with E-state index in [1.54, 1.807) is 0 Å². The number of pyridine rings is 1. The molecule has 5 aromatic carbocycles. The van der Waals surface area contributed by atoms with Crippen LogP contribution in [0.15, 0.2) is 137 Å². The summed E-state index contributed by atoms with van der Waals surface area (Å²) in [6, 6.07) is 41.4. The van der Waals surface area contributed by atoms with Gasteiger partial charge in [0.05, 0.1) is 39.1 Å². The van der Waals surface area contributed by atoms with E-state index in [-0.39, 0.29) is 0 Å². The second-order valence-corrected chi connectivity index (χ2v) is 15.0. The molecule has 0 amide bonds. The zero-order chi connectivity index (χ0) is 34.1. The summed E-state index contributed by atoms with van der Waals surface area (Å²) in [7, 11) is 0. The summed E-state index contributed by atoms with van der Waals surface area (Å²) in [5.74, 6) is 1.56. The predicted octanol–water partition coefficient (Wildman–Crippen LogP) is 11.9. The molecule has 2 N–H and O–H groups in total. The number of nitrogens with two attached hydrogens (primary N) is 1. The number of hydrogen-bond acceptors (Lipinski definition) is 4. The Labute approximate surface area is 301 Å². The van der Waals surface area contributed by atoms with Gasteiger partial charge in [-0.1, -0.05) is 85.6 Å². The Morgan fingerprint density at radius 2 is 1.47 bits per heavy atom. The largest absolute Gasteiger partial charge is 0.397 e. The van der Waals surface area contributed by atoms with E-state index in [9.17, 15) is 0 Å². The Kier molecular flexibility index (Phi) is 7.14. The molecule has 3 aromatic heterocycles. The standard InChI is InChI=1S/C45H37N5S/c1-2-3-26-47-43-35(46)15-10-19-39(43)49-37-17-7-4-12-29(37)32-23-24-33-30-13-5-8-18-38(30)50(45(33)44(32)49)42-21-11-16-36(48-42)28-22-25-41-34(27-28)31-14-6-9-20-40(31)51-41/h2-5,7-8,10-13,15-19,21-27,31,40H,6,9,14,20,46H2,1H3/b3-2-,47-26-. The molecular formula is C45H37N5S. The van der Waals surface area contributed by atoms with Gasteiger partial charge in [0.25, 0.3) is 0 Å². The van der Waals surface area contributed by atoms with Gasteiger partial charge in [0.15, 0.2) is 0 Å². The highest BCUT2D eigenvalue weighted by atomic mass is 32.2. The lowest BCUT2D eigenvalue weighted by molar-refractivity contribution is 0.461. The zero-order valence-electron chi connectivity index (χ0n) is 28.5. The van der Waals surface area contributed by atoms with Gasteiger partial charge in [0.2, 0.25) is 0 Å². The summed E-state index contributed by atoms with van der Waals surface area (Å²) in [6.07, 6.45) is 11.0. The first-order chi connectivity index (χ1) is 25.2. The number of fused-ring (bicyclic) bond motifs is 10. The van der Waals surface area contributed by atoms with Gasteiger partial charge < -0.3 is 10.3 Å². The van der Waals surface area contributed by atoms with Crippen molar-refractivity contribution in [3.05, 3.63) is 133 Å². The second-order valence-electron chi connectivity index (χ2n) is 13.8. The molecule has 6 heteroatoms. The van der Waals surface area contributed by atoms with E-state index in [0.29, 0.717) is 11.6 Å². The summed E-state index contributed by atoms with van der Waals surface area (Å²) in [5, 5.41) is 5.44. The highest BCUT2D eigenvalue weighted by Gasteiger charge is 2.35. The third-order valence-electron chi connectivity index (χ3n) is 10.9. The third kappa shape index (κ3) is 4.70. The molecule has 1 aliphatic heterocycles. The molecule has 2 atom stereocenters. The molecule has 4 heterocycles. The highest BCUT2D eigenvalue weighted by molar-refractivity contribution is 8.00. The molecule has 0 bridgehead atoms. The molecule has 1 saturated carbocycles. The van der Waals surface area contributed by atoms with E-state index in [2.05, 4.69) is 124 Å². The highest BCUT2D eigenvalue weighted by Crippen LogP contribution is 2.52. The van der Waals surface area contributed by atoms with Crippen molar-refractivity contribution in [3.8, 4) is 22.8 Å². The third-order valence-corrected chi connectivity index (χ3v) is 12.4. The molecular weight excluding hydrogens is 643 g/mol. The quantitative estimate of drug-likeness (QED) is 0.145. The van der Waals surface area contributed by atoms with Gasteiger partial charge >= 0.3 is 0 Å². The van der Waals surface area contributed by atoms with E-state index in [0.717, 1.165) is 50.2 Å². The number of hydrogen-bond donors (Lipinski definition) is 1. The Morgan fingerprint density at radius 3 is 2.27 bits per heavy atom. The van der Waals surface area contributed by atoms with Crippen LogP contribution in [0.2, 0.25) is 0 Å². The van der Waals surface area contributed by atoms with Crippen LogP contribution in [0.25, 0.3) is 66.4 Å². The van der Waals surface area contributed by atoms with Crippen LogP contribution >= 0.6 is 11.8 Å². The summed E-state index contributed by atoms with van der Waals surface area (Å²) in [6.45, 7) is 1.99. The van der Waals surface area contributed by atoms with Crippen LogP contribution in [0, 0.1) is 0 Å². The number of benzene rings is 5. The average Bonchev–Trinajstić information content (AvgIpc) is 3.83. The van der Waals surface area contributed by atoms with E-state index in [1.165, 1.54) is 63.3 Å². The normalized spacial score (nSPS) is 17.4. The summed E-state index contributed by atoms with van der Waals surface area (Å²) < 4.78 is 4.71. The van der Waals surface area contributed by atoms with Gasteiger partial charge in [0, 0.05) is 43.5 Å². The number of nitrogens with zero attached hydrogens (tertiary/aromatic N) is 4. The molecule has 2 unspecified atom stereocenters. The maximum absolute atomic E-state index is 6.67.